The number of pyridine rings is 1. The molecule has 0 aliphatic heterocycles. The highest BCUT2D eigenvalue weighted by atomic mass is 16.3. The Morgan fingerprint density at radius 2 is 2.14 bits per heavy atom. The van der Waals surface area contributed by atoms with Crippen molar-refractivity contribution in [1.29, 1.82) is 0 Å². The molecule has 0 bridgehead atoms. The molecule has 0 aliphatic carbocycles. The molecule has 3 rings (SSSR count). The van der Waals surface area contributed by atoms with Crippen molar-refractivity contribution in [2.24, 2.45) is 4.99 Å². The van der Waals surface area contributed by atoms with Crippen LogP contribution in [0.3, 0.4) is 0 Å². The normalized spacial score (nSPS) is 11.5. The molecule has 0 aliphatic rings. The number of imidazole rings is 1. The molecule has 0 spiro atoms. The minimum atomic E-state index is -0.202. The maximum absolute atomic E-state index is 10.0. The lowest BCUT2D eigenvalue weighted by atomic mass is 10.1. The monoisotopic (exact) mass is 296 g/mol. The van der Waals surface area contributed by atoms with E-state index in [9.17, 15) is 10.2 Å². The van der Waals surface area contributed by atoms with Gasteiger partial charge in [-0.25, -0.2) is 4.98 Å². The number of nitrogens with one attached hydrogen (secondary N) is 1. The van der Waals surface area contributed by atoms with Gasteiger partial charge in [0, 0.05) is 23.5 Å². The maximum atomic E-state index is 10.0. The van der Waals surface area contributed by atoms with Crippen molar-refractivity contribution in [3.8, 4) is 5.75 Å². The van der Waals surface area contributed by atoms with Crippen LogP contribution in [-0.4, -0.2) is 31.4 Å². The zero-order chi connectivity index (χ0) is 15.5. The van der Waals surface area contributed by atoms with E-state index in [0.29, 0.717) is 23.4 Å². The molecule has 2 aromatic heterocycles. The second kappa shape index (κ2) is 5.95. The summed E-state index contributed by atoms with van der Waals surface area (Å²) in [5, 5.41) is 19.3. The third-order valence-corrected chi connectivity index (χ3v) is 3.43. The minimum Gasteiger partial charge on any atom is -0.505 e. The van der Waals surface area contributed by atoms with E-state index >= 15 is 0 Å². The average molecular weight is 296 g/mol. The lowest BCUT2D eigenvalue weighted by Crippen LogP contribution is -1.98. The number of hydrogen-bond donors (Lipinski definition) is 3. The van der Waals surface area contributed by atoms with Gasteiger partial charge in [0.15, 0.2) is 0 Å². The summed E-state index contributed by atoms with van der Waals surface area (Å²) in [6, 6.07) is 7.76. The lowest BCUT2D eigenvalue weighted by Gasteiger charge is -2.06. The number of para-hydroxylation sites is 2. The Kier molecular flexibility index (Phi) is 3.84. The number of aromatic hydroxyl groups is 1. The van der Waals surface area contributed by atoms with Gasteiger partial charge in [0.2, 0.25) is 0 Å². The smallest absolute Gasteiger partial charge is 0.145 e. The van der Waals surface area contributed by atoms with Gasteiger partial charge in [-0.3, -0.25) is 9.98 Å². The van der Waals surface area contributed by atoms with E-state index in [1.54, 1.807) is 13.1 Å². The molecule has 0 amide bonds. The summed E-state index contributed by atoms with van der Waals surface area (Å²) in [5.41, 5.74) is 3.39. The Balaban J connectivity index is 1.84. The second-order valence-electron chi connectivity index (χ2n) is 4.96. The SMILES string of the molecule is Cc1ncc(CO)c(C=NCc2nc3ccccc3[nH]2)c1O. The molecule has 0 unspecified atom stereocenters. The first-order chi connectivity index (χ1) is 10.7. The molecule has 3 N–H and O–H groups in total. The molecule has 6 nitrogen and oxygen atoms in total. The van der Waals surface area contributed by atoms with Crippen LogP contribution in [0.2, 0.25) is 0 Å². The number of aliphatic imine (C=N–C) groups is 1. The predicted octanol–water partition coefficient (Wildman–Crippen LogP) is 2.08. The van der Waals surface area contributed by atoms with Gasteiger partial charge in [0.1, 0.15) is 11.6 Å². The Morgan fingerprint density at radius 1 is 1.32 bits per heavy atom. The Bertz CT molecular complexity index is 806. The quantitative estimate of drug-likeness (QED) is 0.642. The van der Waals surface area contributed by atoms with Crippen LogP contribution in [0.1, 0.15) is 22.6 Å². The summed E-state index contributed by atoms with van der Waals surface area (Å²) in [4.78, 5) is 15.9. The number of aliphatic hydroxyl groups is 1. The van der Waals surface area contributed by atoms with Crippen molar-refractivity contribution in [2.75, 3.05) is 0 Å². The summed E-state index contributed by atoms with van der Waals surface area (Å²) < 4.78 is 0. The van der Waals surface area contributed by atoms with Gasteiger partial charge in [-0.1, -0.05) is 12.1 Å². The number of aliphatic hydroxyl groups excluding tert-OH is 1. The van der Waals surface area contributed by atoms with E-state index in [1.165, 1.54) is 6.20 Å². The topological polar surface area (TPSA) is 94.4 Å². The Labute approximate surface area is 127 Å². The molecule has 3 aromatic rings. The molecule has 0 saturated heterocycles. The molecule has 0 fully saturated rings. The standard InChI is InChI=1S/C16H16N4O2/c1-10-16(22)12(11(9-21)6-18-10)7-17-8-15-19-13-4-2-3-5-14(13)20-15/h2-7,21-22H,8-9H2,1H3,(H,19,20). The van der Waals surface area contributed by atoms with Gasteiger partial charge in [-0.05, 0) is 19.1 Å². The first-order valence-electron chi connectivity index (χ1n) is 6.91. The zero-order valence-corrected chi connectivity index (χ0v) is 12.1. The second-order valence-corrected chi connectivity index (χ2v) is 4.96. The van der Waals surface area contributed by atoms with Gasteiger partial charge >= 0.3 is 0 Å². The predicted molar refractivity (Wildman–Crippen MR) is 84.0 cm³/mol. The molecule has 112 valence electrons. The molecule has 22 heavy (non-hydrogen) atoms. The zero-order valence-electron chi connectivity index (χ0n) is 12.1. The van der Waals surface area contributed by atoms with Crippen LogP contribution in [0.5, 0.6) is 5.75 Å². The van der Waals surface area contributed by atoms with E-state index in [-0.39, 0.29) is 12.4 Å². The highest BCUT2D eigenvalue weighted by molar-refractivity contribution is 5.85. The summed E-state index contributed by atoms with van der Waals surface area (Å²) in [5.74, 6) is 0.785. The minimum absolute atomic E-state index is 0.0416. The van der Waals surface area contributed by atoms with Crippen molar-refractivity contribution in [3.05, 3.63) is 53.1 Å². The Hall–Kier alpha value is -2.73. The van der Waals surface area contributed by atoms with Gasteiger partial charge in [-0.15, -0.1) is 0 Å². The van der Waals surface area contributed by atoms with Gasteiger partial charge < -0.3 is 15.2 Å². The van der Waals surface area contributed by atoms with Crippen LogP contribution in [0, 0.1) is 6.92 Å². The summed E-state index contributed by atoms with van der Waals surface area (Å²) >= 11 is 0. The number of nitrogens with zero attached hydrogens (tertiary/aromatic N) is 3. The highest BCUT2D eigenvalue weighted by Crippen LogP contribution is 2.22. The van der Waals surface area contributed by atoms with Gasteiger partial charge in [0.25, 0.3) is 0 Å². The van der Waals surface area contributed by atoms with E-state index in [4.69, 9.17) is 0 Å². The molecule has 1 aromatic carbocycles. The van der Waals surface area contributed by atoms with Crippen LogP contribution in [0.4, 0.5) is 0 Å². The molecule has 0 radical (unpaired) electrons. The number of H-pyrrole nitrogens is 1. The van der Waals surface area contributed by atoms with Crippen LogP contribution < -0.4 is 0 Å². The number of aromatic amines is 1. The fourth-order valence-corrected chi connectivity index (χ4v) is 2.23. The molecule has 0 atom stereocenters. The van der Waals surface area contributed by atoms with Crippen molar-refractivity contribution >= 4 is 17.2 Å². The average Bonchev–Trinajstić information content (AvgIpc) is 2.94. The number of benzene rings is 1. The van der Waals surface area contributed by atoms with E-state index < -0.39 is 0 Å². The van der Waals surface area contributed by atoms with Gasteiger partial charge in [0.05, 0.1) is 29.9 Å². The van der Waals surface area contributed by atoms with E-state index in [2.05, 4.69) is 19.9 Å². The Morgan fingerprint density at radius 3 is 2.91 bits per heavy atom. The van der Waals surface area contributed by atoms with E-state index in [1.807, 2.05) is 24.3 Å². The van der Waals surface area contributed by atoms with Crippen LogP contribution in [0.25, 0.3) is 11.0 Å². The molecular formula is C16H16N4O2. The van der Waals surface area contributed by atoms with Gasteiger partial charge in [-0.2, -0.15) is 0 Å². The first kappa shape index (κ1) is 14.2. The number of fused-ring (bicyclic) bond motifs is 1. The molecule has 0 saturated carbocycles. The van der Waals surface area contributed by atoms with Crippen LogP contribution >= 0.6 is 0 Å². The largest absolute Gasteiger partial charge is 0.505 e. The highest BCUT2D eigenvalue weighted by Gasteiger charge is 2.09. The number of rotatable bonds is 4. The number of aryl methyl sites for hydroxylation is 1. The van der Waals surface area contributed by atoms with Crippen molar-refractivity contribution < 1.29 is 10.2 Å². The van der Waals surface area contributed by atoms with Crippen molar-refractivity contribution in [2.45, 2.75) is 20.1 Å². The molecular weight excluding hydrogens is 280 g/mol. The van der Waals surface area contributed by atoms with Crippen molar-refractivity contribution in [1.82, 2.24) is 15.0 Å². The molecule has 6 heteroatoms. The fraction of sp³-hybridized carbons (Fsp3) is 0.188. The van der Waals surface area contributed by atoms with Crippen LogP contribution in [-0.2, 0) is 13.2 Å². The summed E-state index contributed by atoms with van der Waals surface area (Å²) in [6.45, 7) is 1.86. The third kappa shape index (κ3) is 2.68. The maximum Gasteiger partial charge on any atom is 0.145 e. The third-order valence-electron chi connectivity index (χ3n) is 3.43. The summed E-state index contributed by atoms with van der Waals surface area (Å²) in [7, 11) is 0. The summed E-state index contributed by atoms with van der Waals surface area (Å²) in [6.07, 6.45) is 3.08. The molecule has 2 heterocycles. The number of hydrogen-bond acceptors (Lipinski definition) is 5. The lowest BCUT2D eigenvalue weighted by molar-refractivity contribution is 0.280. The number of aromatic nitrogens is 3. The van der Waals surface area contributed by atoms with Crippen molar-refractivity contribution in [3.63, 3.8) is 0 Å². The van der Waals surface area contributed by atoms with E-state index in [0.717, 1.165) is 16.9 Å². The fourth-order valence-electron chi connectivity index (χ4n) is 2.23. The first-order valence-corrected chi connectivity index (χ1v) is 6.91. The van der Waals surface area contributed by atoms with Crippen LogP contribution in [0.15, 0.2) is 35.5 Å².